The lowest BCUT2D eigenvalue weighted by atomic mass is 10.1. The molecule has 0 saturated carbocycles. The zero-order valence-corrected chi connectivity index (χ0v) is 14.3. The molecule has 23 heavy (non-hydrogen) atoms. The molecule has 0 N–H and O–H groups in total. The first-order valence-electron chi connectivity index (χ1n) is 7.84. The third kappa shape index (κ3) is 7.63. The lowest BCUT2D eigenvalue weighted by Crippen LogP contribution is -2.37. The van der Waals surface area contributed by atoms with Gasteiger partial charge < -0.3 is 9.64 Å². The quantitative estimate of drug-likeness (QED) is 0.564. The van der Waals surface area contributed by atoms with Crippen LogP contribution in [0.4, 0.5) is 4.79 Å². The van der Waals surface area contributed by atoms with Gasteiger partial charge >= 0.3 is 6.09 Å². The topological polar surface area (TPSA) is 72.7 Å². The second kappa shape index (κ2) is 8.50. The second-order valence-corrected chi connectivity index (χ2v) is 6.66. The van der Waals surface area contributed by atoms with Crippen LogP contribution in [0.1, 0.15) is 46.1 Å². The van der Waals surface area contributed by atoms with E-state index in [2.05, 4.69) is 0 Å². The van der Waals surface area contributed by atoms with Gasteiger partial charge in [-0.3, -0.25) is 10.1 Å². The van der Waals surface area contributed by atoms with E-state index in [0.29, 0.717) is 25.9 Å². The van der Waals surface area contributed by atoms with Gasteiger partial charge in [-0.1, -0.05) is 30.3 Å². The number of carbonyl (C=O) groups is 1. The second-order valence-electron chi connectivity index (χ2n) is 6.66. The lowest BCUT2D eigenvalue weighted by molar-refractivity contribution is -0.519. The summed E-state index contributed by atoms with van der Waals surface area (Å²) in [7, 11) is 0. The zero-order valence-electron chi connectivity index (χ0n) is 14.3. The molecule has 1 rings (SSSR count). The molecule has 0 heterocycles. The maximum absolute atomic E-state index is 12.3. The monoisotopic (exact) mass is 322 g/mol. The third-order valence-electron chi connectivity index (χ3n) is 3.28. The maximum Gasteiger partial charge on any atom is 0.410 e. The van der Waals surface area contributed by atoms with Gasteiger partial charge in [-0.15, -0.1) is 0 Å². The van der Waals surface area contributed by atoms with Gasteiger partial charge in [0.1, 0.15) is 5.60 Å². The van der Waals surface area contributed by atoms with Gasteiger partial charge in [-0.05, 0) is 32.8 Å². The Morgan fingerprint density at radius 3 is 2.43 bits per heavy atom. The summed E-state index contributed by atoms with van der Waals surface area (Å²) in [5.74, 6) is 0. The van der Waals surface area contributed by atoms with Crippen molar-refractivity contribution in [1.82, 2.24) is 4.90 Å². The standard InChI is InChI=1S/C17H26N2O4/c1-14(19(21)22)9-8-12-18(16(20)23-17(2,3)4)13-15-10-6-5-7-11-15/h5-7,10-11,14H,8-9,12-13H2,1-4H3. The Morgan fingerprint density at radius 1 is 1.30 bits per heavy atom. The molecule has 6 heteroatoms. The summed E-state index contributed by atoms with van der Waals surface area (Å²) in [6, 6.07) is 9.02. The molecule has 1 aromatic carbocycles. The van der Waals surface area contributed by atoms with E-state index >= 15 is 0 Å². The Balaban J connectivity index is 2.68. The SMILES string of the molecule is CC(CCCN(Cc1ccccc1)C(=O)OC(C)(C)C)[N+](=O)[O-]. The van der Waals surface area contributed by atoms with Crippen LogP contribution >= 0.6 is 0 Å². The average molecular weight is 322 g/mol. The molecule has 0 fully saturated rings. The van der Waals surface area contributed by atoms with Crippen molar-refractivity contribution in [2.45, 2.75) is 58.7 Å². The van der Waals surface area contributed by atoms with E-state index in [1.807, 2.05) is 51.1 Å². The molecule has 1 aromatic rings. The number of hydrogen-bond donors (Lipinski definition) is 0. The molecular weight excluding hydrogens is 296 g/mol. The fourth-order valence-electron chi connectivity index (χ4n) is 2.05. The summed E-state index contributed by atoms with van der Waals surface area (Å²) in [4.78, 5) is 24.3. The van der Waals surface area contributed by atoms with Gasteiger partial charge in [0.05, 0.1) is 0 Å². The van der Waals surface area contributed by atoms with Crippen LogP contribution in [-0.2, 0) is 11.3 Å². The molecule has 0 aliphatic rings. The van der Waals surface area contributed by atoms with Gasteiger partial charge in [0.25, 0.3) is 0 Å². The minimum atomic E-state index is -0.604. The number of carbonyl (C=O) groups excluding carboxylic acids is 1. The van der Waals surface area contributed by atoms with E-state index in [-0.39, 0.29) is 4.92 Å². The number of nitrogens with zero attached hydrogens (tertiary/aromatic N) is 2. The van der Waals surface area contributed by atoms with Gasteiger partial charge in [0.15, 0.2) is 0 Å². The van der Waals surface area contributed by atoms with E-state index in [4.69, 9.17) is 4.74 Å². The lowest BCUT2D eigenvalue weighted by Gasteiger charge is -2.27. The van der Waals surface area contributed by atoms with Crippen molar-refractivity contribution < 1.29 is 14.5 Å². The van der Waals surface area contributed by atoms with Crippen LogP contribution in [0.25, 0.3) is 0 Å². The predicted octanol–water partition coefficient (Wildman–Crippen LogP) is 3.87. The minimum Gasteiger partial charge on any atom is -0.444 e. The molecule has 0 aromatic heterocycles. The highest BCUT2D eigenvalue weighted by Crippen LogP contribution is 2.14. The van der Waals surface area contributed by atoms with Crippen molar-refractivity contribution in [1.29, 1.82) is 0 Å². The van der Waals surface area contributed by atoms with Crippen LogP contribution in [0.15, 0.2) is 30.3 Å². The summed E-state index contributed by atoms with van der Waals surface area (Å²) in [6.07, 6.45) is 0.602. The number of hydrogen-bond acceptors (Lipinski definition) is 4. The molecule has 0 bridgehead atoms. The number of benzene rings is 1. The van der Waals surface area contributed by atoms with Crippen molar-refractivity contribution in [3.05, 3.63) is 46.0 Å². The molecule has 1 unspecified atom stereocenters. The molecule has 0 aliphatic heterocycles. The molecule has 128 valence electrons. The summed E-state index contributed by atoms with van der Waals surface area (Å²) in [6.45, 7) is 7.90. The summed E-state index contributed by atoms with van der Waals surface area (Å²) in [5, 5.41) is 10.7. The maximum atomic E-state index is 12.3. The third-order valence-corrected chi connectivity index (χ3v) is 3.28. The molecule has 0 saturated heterocycles. The Labute approximate surface area is 137 Å². The van der Waals surface area contributed by atoms with Crippen LogP contribution in [-0.4, -0.2) is 34.1 Å². The summed E-state index contributed by atoms with van der Waals surface area (Å²) in [5.41, 5.74) is 0.431. The summed E-state index contributed by atoms with van der Waals surface area (Å²) < 4.78 is 5.43. The minimum absolute atomic E-state index is 0.297. The van der Waals surface area contributed by atoms with Crippen LogP contribution in [0.5, 0.6) is 0 Å². The van der Waals surface area contributed by atoms with Crippen molar-refractivity contribution in [3.8, 4) is 0 Å². The average Bonchev–Trinajstić information content (AvgIpc) is 2.45. The van der Waals surface area contributed by atoms with E-state index in [0.717, 1.165) is 5.56 Å². The predicted molar refractivity (Wildman–Crippen MR) is 88.8 cm³/mol. The molecular formula is C17H26N2O4. The Hall–Kier alpha value is -2.11. The molecule has 1 atom stereocenters. The molecule has 6 nitrogen and oxygen atoms in total. The highest BCUT2D eigenvalue weighted by molar-refractivity contribution is 5.68. The molecule has 0 spiro atoms. The first kappa shape index (κ1) is 18.9. The van der Waals surface area contributed by atoms with Crippen LogP contribution < -0.4 is 0 Å². The first-order valence-corrected chi connectivity index (χ1v) is 7.84. The fourth-order valence-corrected chi connectivity index (χ4v) is 2.05. The van der Waals surface area contributed by atoms with Crippen molar-refractivity contribution in [2.75, 3.05) is 6.54 Å². The fraction of sp³-hybridized carbons (Fsp3) is 0.588. The number of nitro groups is 1. The van der Waals surface area contributed by atoms with Gasteiger partial charge in [0.2, 0.25) is 6.04 Å². The highest BCUT2D eigenvalue weighted by Gasteiger charge is 2.23. The Bertz CT molecular complexity index is 511. The molecule has 1 amide bonds. The van der Waals surface area contributed by atoms with Crippen LogP contribution in [0, 0.1) is 10.1 Å². The molecule has 0 radical (unpaired) electrons. The normalized spacial score (nSPS) is 12.5. The van der Waals surface area contributed by atoms with Crippen LogP contribution in [0.2, 0.25) is 0 Å². The first-order chi connectivity index (χ1) is 10.7. The van der Waals surface area contributed by atoms with Crippen molar-refractivity contribution >= 4 is 6.09 Å². The smallest absolute Gasteiger partial charge is 0.410 e. The van der Waals surface area contributed by atoms with E-state index in [1.54, 1.807) is 11.8 Å². The number of rotatable bonds is 7. The Kier molecular flexibility index (Phi) is 7.00. The van der Waals surface area contributed by atoms with E-state index < -0.39 is 17.7 Å². The van der Waals surface area contributed by atoms with Gasteiger partial charge in [-0.2, -0.15) is 0 Å². The Morgan fingerprint density at radius 2 is 1.91 bits per heavy atom. The molecule has 0 aliphatic carbocycles. The van der Waals surface area contributed by atoms with E-state index in [1.165, 1.54) is 0 Å². The largest absolute Gasteiger partial charge is 0.444 e. The summed E-state index contributed by atoms with van der Waals surface area (Å²) >= 11 is 0. The van der Waals surface area contributed by atoms with Crippen molar-refractivity contribution in [2.24, 2.45) is 0 Å². The van der Waals surface area contributed by atoms with Crippen molar-refractivity contribution in [3.63, 3.8) is 0 Å². The highest BCUT2D eigenvalue weighted by atomic mass is 16.6. The number of amides is 1. The van der Waals surface area contributed by atoms with E-state index in [9.17, 15) is 14.9 Å². The zero-order chi connectivity index (χ0) is 17.5. The van der Waals surface area contributed by atoms with Gasteiger partial charge in [-0.25, -0.2) is 4.79 Å². The van der Waals surface area contributed by atoms with Gasteiger partial charge in [0, 0.05) is 31.4 Å². The number of ether oxygens (including phenoxy) is 1. The van der Waals surface area contributed by atoms with Crippen LogP contribution in [0.3, 0.4) is 0 Å².